The Labute approximate surface area is 196 Å². The van der Waals surface area contributed by atoms with E-state index in [2.05, 4.69) is 63.4 Å². The van der Waals surface area contributed by atoms with Crippen molar-refractivity contribution >= 4 is 11.3 Å². The molecule has 0 saturated heterocycles. The largest absolute Gasteiger partial charge is 0.463 e. The smallest absolute Gasteiger partial charge is 0.215 e. The molecular formula is C25H25N6OS+. The topological polar surface area (TPSA) is 74.1 Å². The van der Waals surface area contributed by atoms with Crippen molar-refractivity contribution in [3.63, 3.8) is 0 Å². The first-order valence-electron chi connectivity index (χ1n) is 11.0. The highest BCUT2D eigenvalue weighted by Gasteiger charge is 2.33. The van der Waals surface area contributed by atoms with E-state index in [9.17, 15) is 0 Å². The maximum atomic E-state index is 5.73. The number of benzene rings is 1. The van der Waals surface area contributed by atoms with Crippen LogP contribution in [0.5, 0.6) is 0 Å². The standard InChI is InChI=1S/C25H24N6OS/c1-2-8-20(9-3-1)13-15-31-25(27-28-29-31)24(23-12-4-5-14-26-23)30(18-21-10-6-16-32-21)19-22-11-7-17-33-22/h1-12,14,16-17,24H,13,15,18-19H2/p+1/t24-/m1/s1. The maximum absolute atomic E-state index is 5.73. The molecule has 0 bridgehead atoms. The van der Waals surface area contributed by atoms with Crippen LogP contribution in [0.3, 0.4) is 0 Å². The molecule has 0 radical (unpaired) electrons. The van der Waals surface area contributed by atoms with Crippen LogP contribution in [0.25, 0.3) is 0 Å². The van der Waals surface area contributed by atoms with Gasteiger partial charge in [-0.25, -0.2) is 4.68 Å². The van der Waals surface area contributed by atoms with Crippen molar-refractivity contribution in [1.82, 2.24) is 25.2 Å². The fourth-order valence-corrected chi connectivity index (χ4v) is 4.83. The van der Waals surface area contributed by atoms with Gasteiger partial charge in [-0.1, -0.05) is 42.5 Å². The van der Waals surface area contributed by atoms with Crippen molar-refractivity contribution < 1.29 is 9.32 Å². The molecule has 0 spiro atoms. The number of aryl methyl sites for hydroxylation is 2. The van der Waals surface area contributed by atoms with Gasteiger partial charge in [-0.3, -0.25) is 4.98 Å². The molecule has 0 aliphatic carbocycles. The van der Waals surface area contributed by atoms with Crippen molar-refractivity contribution in [2.24, 2.45) is 0 Å². The van der Waals surface area contributed by atoms with Crippen molar-refractivity contribution in [3.05, 3.63) is 118 Å². The summed E-state index contributed by atoms with van der Waals surface area (Å²) < 4.78 is 7.65. The van der Waals surface area contributed by atoms with E-state index in [0.29, 0.717) is 13.1 Å². The number of nitrogens with zero attached hydrogens (tertiary/aromatic N) is 5. The van der Waals surface area contributed by atoms with E-state index in [0.717, 1.165) is 30.2 Å². The number of nitrogens with one attached hydrogen (secondary N) is 1. The Kier molecular flexibility index (Phi) is 6.65. The van der Waals surface area contributed by atoms with E-state index in [-0.39, 0.29) is 6.04 Å². The number of quaternary nitrogens is 1. The Morgan fingerprint density at radius 2 is 1.85 bits per heavy atom. The van der Waals surface area contributed by atoms with Gasteiger partial charge in [0.15, 0.2) is 11.8 Å². The predicted molar refractivity (Wildman–Crippen MR) is 125 cm³/mol. The molecule has 1 N–H and O–H groups in total. The molecule has 2 atom stereocenters. The molecule has 166 valence electrons. The van der Waals surface area contributed by atoms with Gasteiger partial charge < -0.3 is 9.32 Å². The molecule has 0 aliphatic heterocycles. The van der Waals surface area contributed by atoms with Crippen LogP contribution >= 0.6 is 11.3 Å². The van der Waals surface area contributed by atoms with Crippen LogP contribution in [0.2, 0.25) is 0 Å². The monoisotopic (exact) mass is 457 g/mol. The van der Waals surface area contributed by atoms with Crippen LogP contribution in [0, 0.1) is 0 Å². The zero-order chi connectivity index (χ0) is 22.3. The van der Waals surface area contributed by atoms with Crippen LogP contribution in [0.1, 0.15) is 33.8 Å². The van der Waals surface area contributed by atoms with Gasteiger partial charge >= 0.3 is 0 Å². The Hall–Kier alpha value is -3.62. The van der Waals surface area contributed by atoms with Gasteiger partial charge in [0.1, 0.15) is 18.8 Å². The SMILES string of the molecule is c1ccc(CCn2nnnc2[C@@H](c2ccccn2)[NH+](Cc2ccco2)Cc2cccs2)cc1. The lowest BCUT2D eigenvalue weighted by atomic mass is 10.1. The molecule has 4 heterocycles. The normalized spacial score (nSPS) is 13.1. The molecule has 0 aliphatic rings. The van der Waals surface area contributed by atoms with Crippen LogP contribution in [0.15, 0.2) is 95.1 Å². The molecule has 5 aromatic rings. The zero-order valence-corrected chi connectivity index (χ0v) is 18.9. The summed E-state index contributed by atoms with van der Waals surface area (Å²) in [5.74, 6) is 1.73. The quantitative estimate of drug-likeness (QED) is 0.348. The summed E-state index contributed by atoms with van der Waals surface area (Å²) in [7, 11) is 0. The van der Waals surface area contributed by atoms with Gasteiger partial charge in [-0.05, 0) is 58.1 Å². The Morgan fingerprint density at radius 3 is 2.61 bits per heavy atom. The minimum absolute atomic E-state index is 0.149. The maximum Gasteiger partial charge on any atom is 0.215 e. The third kappa shape index (κ3) is 5.24. The average Bonchev–Trinajstić information content (AvgIpc) is 3.64. The van der Waals surface area contributed by atoms with Gasteiger partial charge in [0, 0.05) is 12.7 Å². The lowest BCUT2D eigenvalue weighted by Gasteiger charge is -2.26. The van der Waals surface area contributed by atoms with Crippen molar-refractivity contribution in [3.8, 4) is 0 Å². The minimum Gasteiger partial charge on any atom is -0.463 e. The molecule has 8 heteroatoms. The minimum atomic E-state index is -0.149. The second-order valence-electron chi connectivity index (χ2n) is 7.85. The highest BCUT2D eigenvalue weighted by molar-refractivity contribution is 7.09. The van der Waals surface area contributed by atoms with Gasteiger partial charge in [0.2, 0.25) is 5.82 Å². The third-order valence-corrected chi connectivity index (χ3v) is 6.50. The first-order valence-corrected chi connectivity index (χ1v) is 11.8. The van der Waals surface area contributed by atoms with E-state index >= 15 is 0 Å². The fourth-order valence-electron chi connectivity index (χ4n) is 4.07. The van der Waals surface area contributed by atoms with Gasteiger partial charge in [0.25, 0.3) is 0 Å². The summed E-state index contributed by atoms with van der Waals surface area (Å²) in [4.78, 5) is 7.26. The number of tetrazole rings is 1. The summed E-state index contributed by atoms with van der Waals surface area (Å²) >= 11 is 1.76. The zero-order valence-electron chi connectivity index (χ0n) is 18.1. The van der Waals surface area contributed by atoms with Crippen molar-refractivity contribution in [2.75, 3.05) is 0 Å². The Morgan fingerprint density at radius 1 is 0.939 bits per heavy atom. The second kappa shape index (κ2) is 10.3. The molecule has 4 aromatic heterocycles. The van der Waals surface area contributed by atoms with Crippen molar-refractivity contribution in [2.45, 2.75) is 32.1 Å². The van der Waals surface area contributed by atoms with Gasteiger partial charge in [-0.15, -0.1) is 16.4 Å². The van der Waals surface area contributed by atoms with E-state index in [1.165, 1.54) is 15.3 Å². The fraction of sp³-hybridized carbons (Fsp3) is 0.200. The molecule has 0 amide bonds. The molecule has 5 rings (SSSR count). The third-order valence-electron chi connectivity index (χ3n) is 5.63. The van der Waals surface area contributed by atoms with Gasteiger partial charge in [0.05, 0.1) is 11.1 Å². The number of furan rings is 1. The molecule has 0 saturated carbocycles. The molecule has 0 fully saturated rings. The summed E-state index contributed by atoms with van der Waals surface area (Å²) in [6, 6.07) is 24.5. The van der Waals surface area contributed by atoms with Crippen LogP contribution < -0.4 is 4.90 Å². The number of rotatable bonds is 10. The molecule has 1 unspecified atom stereocenters. The number of hydrogen-bond acceptors (Lipinski definition) is 6. The lowest BCUT2D eigenvalue weighted by molar-refractivity contribution is -0.954. The number of aromatic nitrogens is 5. The van der Waals surface area contributed by atoms with Gasteiger partial charge in [-0.2, -0.15) is 0 Å². The van der Waals surface area contributed by atoms with Crippen LogP contribution in [-0.4, -0.2) is 25.2 Å². The predicted octanol–water partition coefficient (Wildman–Crippen LogP) is 3.34. The Balaban J connectivity index is 1.50. The summed E-state index contributed by atoms with van der Waals surface area (Å²) in [6.07, 6.45) is 4.40. The second-order valence-corrected chi connectivity index (χ2v) is 8.89. The summed E-state index contributed by atoms with van der Waals surface area (Å²) in [5.41, 5.74) is 2.19. The Bertz CT molecular complexity index is 1190. The van der Waals surface area contributed by atoms with Crippen LogP contribution in [-0.2, 0) is 26.1 Å². The molecule has 1 aromatic carbocycles. The number of pyridine rings is 1. The summed E-state index contributed by atoms with van der Waals surface area (Å²) in [6.45, 7) is 2.20. The highest BCUT2D eigenvalue weighted by Crippen LogP contribution is 2.18. The molecule has 33 heavy (non-hydrogen) atoms. The number of thiophene rings is 1. The first kappa shape index (κ1) is 21.2. The molecule has 7 nitrogen and oxygen atoms in total. The summed E-state index contributed by atoms with van der Waals surface area (Å²) in [5, 5.41) is 15.0. The van der Waals surface area contributed by atoms with E-state index in [1.54, 1.807) is 17.6 Å². The number of hydrogen-bond donors (Lipinski definition) is 1. The van der Waals surface area contributed by atoms with E-state index in [1.807, 2.05) is 41.2 Å². The lowest BCUT2D eigenvalue weighted by Crippen LogP contribution is -3.10. The first-order chi connectivity index (χ1) is 16.4. The van der Waals surface area contributed by atoms with E-state index < -0.39 is 0 Å². The van der Waals surface area contributed by atoms with E-state index in [4.69, 9.17) is 9.40 Å². The highest BCUT2D eigenvalue weighted by atomic mass is 32.1. The average molecular weight is 458 g/mol. The van der Waals surface area contributed by atoms with Crippen LogP contribution in [0.4, 0.5) is 0 Å². The van der Waals surface area contributed by atoms with Crippen molar-refractivity contribution in [1.29, 1.82) is 0 Å². The molecular weight excluding hydrogens is 432 g/mol.